The minimum Gasteiger partial charge on any atom is -0.369 e. The average Bonchev–Trinajstić information content (AvgIpc) is 2.60. The van der Waals surface area contributed by atoms with E-state index in [9.17, 15) is 0 Å². The fourth-order valence-electron chi connectivity index (χ4n) is 3.32. The van der Waals surface area contributed by atoms with Crippen LogP contribution in [0.25, 0.3) is 0 Å². The van der Waals surface area contributed by atoms with Crippen molar-refractivity contribution in [2.45, 2.75) is 32.2 Å². The molecule has 0 spiro atoms. The van der Waals surface area contributed by atoms with Gasteiger partial charge in [0.05, 0.1) is 0 Å². The summed E-state index contributed by atoms with van der Waals surface area (Å²) in [5.41, 5.74) is 5.58. The van der Waals surface area contributed by atoms with Crippen LogP contribution in [-0.4, -0.2) is 36.8 Å². The van der Waals surface area contributed by atoms with Gasteiger partial charge in [-0.2, -0.15) is 0 Å². The van der Waals surface area contributed by atoms with Gasteiger partial charge in [-0.25, -0.2) is 0 Å². The number of hydrogen-bond acceptors (Lipinski definition) is 3. The summed E-state index contributed by atoms with van der Waals surface area (Å²) in [5, 5.41) is 0. The molecule has 2 aromatic rings. The molecule has 24 heavy (non-hydrogen) atoms. The third-order valence-electron chi connectivity index (χ3n) is 4.72. The van der Waals surface area contributed by atoms with Crippen molar-refractivity contribution in [1.82, 2.24) is 4.90 Å². The highest BCUT2D eigenvalue weighted by Gasteiger charge is 2.18. The molecule has 0 saturated carbocycles. The van der Waals surface area contributed by atoms with Crippen LogP contribution in [-0.2, 0) is 6.54 Å². The molecule has 3 heteroatoms. The summed E-state index contributed by atoms with van der Waals surface area (Å²) < 4.78 is 0. The molecule has 0 aromatic heterocycles. The number of benzene rings is 2. The first-order valence-electron chi connectivity index (χ1n) is 8.92. The van der Waals surface area contributed by atoms with Crippen LogP contribution in [0.2, 0.25) is 0 Å². The Morgan fingerprint density at radius 3 is 2.29 bits per heavy atom. The third-order valence-corrected chi connectivity index (χ3v) is 5.61. The van der Waals surface area contributed by atoms with Crippen LogP contribution in [0.4, 0.5) is 5.69 Å². The maximum absolute atomic E-state index is 2.57. The monoisotopic (exact) mass is 340 g/mol. The number of nitrogens with zero attached hydrogens (tertiary/aromatic N) is 2. The van der Waals surface area contributed by atoms with Gasteiger partial charge in [-0.1, -0.05) is 31.2 Å². The fraction of sp³-hybridized carbons (Fsp3) is 0.429. The molecule has 0 unspecified atom stereocenters. The molecule has 2 aromatic carbocycles. The number of anilines is 1. The number of thioether (sulfide) groups is 1. The summed E-state index contributed by atoms with van der Waals surface area (Å²) in [4.78, 5) is 6.49. The average molecular weight is 341 g/mol. The normalized spacial score (nSPS) is 15.7. The minimum absolute atomic E-state index is 1.07. The molecular weight excluding hydrogens is 312 g/mol. The van der Waals surface area contributed by atoms with Gasteiger partial charge >= 0.3 is 0 Å². The van der Waals surface area contributed by atoms with Crippen molar-refractivity contribution in [3.63, 3.8) is 0 Å². The molecule has 0 atom stereocenters. The van der Waals surface area contributed by atoms with E-state index in [0.29, 0.717) is 0 Å². The molecule has 0 bridgehead atoms. The molecule has 1 saturated heterocycles. The maximum Gasteiger partial charge on any atom is 0.0399 e. The molecule has 128 valence electrons. The molecular formula is C21H28N2S. The number of rotatable bonds is 5. The van der Waals surface area contributed by atoms with Crippen molar-refractivity contribution in [3.05, 3.63) is 59.2 Å². The van der Waals surface area contributed by atoms with E-state index in [1.807, 2.05) is 11.8 Å². The number of piperazine rings is 1. The Labute approximate surface area is 150 Å². The maximum atomic E-state index is 2.57. The van der Waals surface area contributed by atoms with E-state index in [1.165, 1.54) is 27.3 Å². The number of hydrogen-bond donors (Lipinski definition) is 0. The van der Waals surface area contributed by atoms with Crippen LogP contribution in [0.1, 0.15) is 23.6 Å². The van der Waals surface area contributed by atoms with Gasteiger partial charge in [-0.05, 0) is 54.5 Å². The van der Waals surface area contributed by atoms with E-state index >= 15 is 0 Å². The van der Waals surface area contributed by atoms with Gasteiger partial charge in [0.25, 0.3) is 0 Å². The van der Waals surface area contributed by atoms with Gasteiger partial charge in [-0.15, -0.1) is 11.8 Å². The second kappa shape index (κ2) is 8.09. The van der Waals surface area contributed by atoms with E-state index in [-0.39, 0.29) is 0 Å². The van der Waals surface area contributed by atoms with Crippen LogP contribution in [0.3, 0.4) is 0 Å². The Hall–Kier alpha value is -1.45. The van der Waals surface area contributed by atoms with Crippen molar-refractivity contribution in [1.29, 1.82) is 0 Å². The van der Waals surface area contributed by atoms with E-state index in [4.69, 9.17) is 0 Å². The largest absolute Gasteiger partial charge is 0.369 e. The molecule has 0 radical (unpaired) electrons. The van der Waals surface area contributed by atoms with Crippen LogP contribution in [0.5, 0.6) is 0 Å². The lowest BCUT2D eigenvalue weighted by Gasteiger charge is -2.37. The Morgan fingerprint density at radius 2 is 1.62 bits per heavy atom. The van der Waals surface area contributed by atoms with Crippen molar-refractivity contribution in [3.8, 4) is 0 Å². The zero-order valence-corrected chi connectivity index (χ0v) is 15.9. The Bertz CT molecular complexity index is 658. The van der Waals surface area contributed by atoms with Gasteiger partial charge in [-0.3, -0.25) is 4.90 Å². The highest BCUT2D eigenvalue weighted by Crippen LogP contribution is 2.23. The minimum atomic E-state index is 1.07. The fourth-order valence-corrected chi connectivity index (χ4v) is 3.98. The second-order valence-electron chi connectivity index (χ2n) is 6.63. The standard InChI is InChI=1S/C21H28N2S/c1-4-24-20-9-7-19(8-10-20)16-22-11-13-23(14-12-22)21-15-17(2)5-6-18(21)3/h5-10,15H,4,11-14,16H2,1-3H3. The highest BCUT2D eigenvalue weighted by molar-refractivity contribution is 7.99. The lowest BCUT2D eigenvalue weighted by atomic mass is 10.1. The quantitative estimate of drug-likeness (QED) is 0.726. The molecule has 0 N–H and O–H groups in total. The first-order valence-corrected chi connectivity index (χ1v) is 9.90. The highest BCUT2D eigenvalue weighted by atomic mass is 32.2. The van der Waals surface area contributed by atoms with Crippen molar-refractivity contribution >= 4 is 17.4 Å². The third kappa shape index (κ3) is 4.34. The Kier molecular flexibility index (Phi) is 5.85. The molecule has 2 nitrogen and oxygen atoms in total. The lowest BCUT2D eigenvalue weighted by molar-refractivity contribution is 0.250. The Morgan fingerprint density at radius 1 is 0.917 bits per heavy atom. The second-order valence-corrected chi connectivity index (χ2v) is 7.97. The SMILES string of the molecule is CCSc1ccc(CN2CCN(c3cc(C)ccc3C)CC2)cc1. The van der Waals surface area contributed by atoms with Gasteiger partial charge < -0.3 is 4.90 Å². The van der Waals surface area contributed by atoms with Crippen molar-refractivity contribution in [2.24, 2.45) is 0 Å². The summed E-state index contributed by atoms with van der Waals surface area (Å²) >= 11 is 1.91. The van der Waals surface area contributed by atoms with Crippen LogP contribution < -0.4 is 4.90 Å². The first kappa shape index (κ1) is 17.4. The van der Waals surface area contributed by atoms with Crippen LogP contribution in [0.15, 0.2) is 47.4 Å². The Balaban J connectivity index is 1.56. The molecule has 0 aliphatic carbocycles. The van der Waals surface area contributed by atoms with E-state index in [1.54, 1.807) is 0 Å². The van der Waals surface area contributed by atoms with Gasteiger partial charge in [0.15, 0.2) is 0 Å². The molecule has 1 fully saturated rings. The summed E-state index contributed by atoms with van der Waals surface area (Å²) in [7, 11) is 0. The smallest absolute Gasteiger partial charge is 0.0399 e. The molecule has 3 rings (SSSR count). The lowest BCUT2D eigenvalue weighted by Crippen LogP contribution is -2.46. The summed E-state index contributed by atoms with van der Waals surface area (Å²) in [6, 6.07) is 15.9. The van der Waals surface area contributed by atoms with E-state index in [2.05, 4.69) is 73.0 Å². The molecule has 1 heterocycles. The zero-order chi connectivity index (χ0) is 16.9. The van der Waals surface area contributed by atoms with E-state index in [0.717, 1.165) is 38.5 Å². The molecule has 0 amide bonds. The summed E-state index contributed by atoms with van der Waals surface area (Å²) in [6.07, 6.45) is 0. The predicted molar refractivity (Wildman–Crippen MR) is 106 cm³/mol. The topological polar surface area (TPSA) is 6.48 Å². The van der Waals surface area contributed by atoms with Crippen molar-refractivity contribution < 1.29 is 0 Å². The van der Waals surface area contributed by atoms with E-state index < -0.39 is 0 Å². The van der Waals surface area contributed by atoms with Crippen LogP contribution >= 0.6 is 11.8 Å². The van der Waals surface area contributed by atoms with Gasteiger partial charge in [0, 0.05) is 43.3 Å². The zero-order valence-electron chi connectivity index (χ0n) is 15.1. The van der Waals surface area contributed by atoms with Gasteiger partial charge in [0.1, 0.15) is 0 Å². The first-order chi connectivity index (χ1) is 11.7. The number of aryl methyl sites for hydroxylation is 2. The van der Waals surface area contributed by atoms with Gasteiger partial charge in [0.2, 0.25) is 0 Å². The summed E-state index contributed by atoms with van der Waals surface area (Å²) in [6.45, 7) is 12.2. The molecule has 1 aliphatic rings. The van der Waals surface area contributed by atoms with Crippen molar-refractivity contribution in [2.75, 3.05) is 36.8 Å². The van der Waals surface area contributed by atoms with Crippen LogP contribution in [0, 0.1) is 13.8 Å². The predicted octanol–water partition coefficient (Wildman–Crippen LogP) is 4.74. The molecule has 1 aliphatic heterocycles. The summed E-state index contributed by atoms with van der Waals surface area (Å²) in [5.74, 6) is 1.14.